The summed E-state index contributed by atoms with van der Waals surface area (Å²) in [5.74, 6) is 0.667. The predicted octanol–water partition coefficient (Wildman–Crippen LogP) is 5.18. The van der Waals surface area contributed by atoms with E-state index < -0.39 is 17.9 Å². The Hall–Kier alpha value is 0.280. The van der Waals surface area contributed by atoms with Crippen LogP contribution in [0.4, 0.5) is 0 Å². The predicted molar refractivity (Wildman–Crippen MR) is 103 cm³/mol. The van der Waals surface area contributed by atoms with E-state index in [1.165, 1.54) is 12.8 Å². The van der Waals surface area contributed by atoms with E-state index in [0.717, 1.165) is 24.6 Å². The van der Waals surface area contributed by atoms with Crippen LogP contribution in [0.5, 0.6) is 0 Å². The summed E-state index contributed by atoms with van der Waals surface area (Å²) in [4.78, 5) is 4.75. The van der Waals surface area contributed by atoms with E-state index in [2.05, 4.69) is 36.7 Å². The summed E-state index contributed by atoms with van der Waals surface area (Å²) in [6.45, 7) is 9.16. The lowest BCUT2D eigenvalue weighted by Gasteiger charge is -2.55. The van der Waals surface area contributed by atoms with Gasteiger partial charge in [0.25, 0.3) is 0 Å². The molecule has 0 bridgehead atoms. The number of ether oxygens (including phenoxy) is 3. The first-order chi connectivity index (χ1) is 12.3. The molecule has 2 heterocycles. The lowest BCUT2D eigenvalue weighted by molar-refractivity contribution is -0.457. The van der Waals surface area contributed by atoms with Gasteiger partial charge in [0.15, 0.2) is 12.1 Å². The van der Waals surface area contributed by atoms with Crippen molar-refractivity contribution in [3.05, 3.63) is 0 Å². The second-order valence-electron chi connectivity index (χ2n) is 8.88. The molecule has 0 aromatic carbocycles. The molecule has 3 aliphatic rings. The number of hydrogen-bond donors (Lipinski definition) is 1. The summed E-state index contributed by atoms with van der Waals surface area (Å²) >= 11 is 3.47. The molecule has 2 saturated heterocycles. The van der Waals surface area contributed by atoms with Crippen molar-refractivity contribution in [2.45, 2.75) is 84.1 Å². The highest BCUT2D eigenvalue weighted by Crippen LogP contribution is 2.56. The SMILES string of the molecule is C[C@@H]1CC[C@@H]2C3C1CCC(C)(OO)O[C@H]3O[C@](C)(OCCCCBr)[C@@H]2C. The van der Waals surface area contributed by atoms with Gasteiger partial charge in [-0.15, -0.1) is 0 Å². The van der Waals surface area contributed by atoms with E-state index >= 15 is 0 Å². The number of rotatable bonds is 6. The largest absolute Gasteiger partial charge is 0.350 e. The minimum absolute atomic E-state index is 0.311. The molecular formula is C20H35BrO5. The number of alkyl halides is 1. The summed E-state index contributed by atoms with van der Waals surface area (Å²) < 4.78 is 19.0. The maximum atomic E-state index is 9.44. The second-order valence-corrected chi connectivity index (χ2v) is 9.67. The molecule has 26 heavy (non-hydrogen) atoms. The first-order valence-corrected chi connectivity index (χ1v) is 11.3. The van der Waals surface area contributed by atoms with E-state index in [1.54, 1.807) is 6.92 Å². The summed E-state index contributed by atoms with van der Waals surface area (Å²) in [7, 11) is 0. The fourth-order valence-electron chi connectivity index (χ4n) is 5.37. The third-order valence-corrected chi connectivity index (χ3v) is 7.78. The van der Waals surface area contributed by atoms with Gasteiger partial charge in [0, 0.05) is 23.6 Å². The van der Waals surface area contributed by atoms with Crippen LogP contribution >= 0.6 is 15.9 Å². The zero-order valence-electron chi connectivity index (χ0n) is 16.6. The topological polar surface area (TPSA) is 57.2 Å². The van der Waals surface area contributed by atoms with Crippen molar-refractivity contribution in [2.75, 3.05) is 11.9 Å². The Morgan fingerprint density at radius 1 is 1.08 bits per heavy atom. The van der Waals surface area contributed by atoms with E-state index in [4.69, 9.17) is 19.1 Å². The van der Waals surface area contributed by atoms with Gasteiger partial charge in [-0.25, -0.2) is 10.1 Å². The molecule has 0 amide bonds. The molecule has 0 aromatic rings. The van der Waals surface area contributed by atoms with Crippen molar-refractivity contribution in [2.24, 2.45) is 29.6 Å². The van der Waals surface area contributed by atoms with Crippen molar-refractivity contribution in [3.63, 3.8) is 0 Å². The molecule has 6 heteroatoms. The van der Waals surface area contributed by atoms with Gasteiger partial charge in [-0.1, -0.05) is 36.2 Å². The van der Waals surface area contributed by atoms with E-state index in [0.29, 0.717) is 42.6 Å². The molecule has 3 unspecified atom stereocenters. The molecule has 1 aliphatic carbocycles. The van der Waals surface area contributed by atoms with Gasteiger partial charge in [-0.3, -0.25) is 0 Å². The monoisotopic (exact) mass is 434 g/mol. The van der Waals surface area contributed by atoms with Crippen molar-refractivity contribution < 1.29 is 24.4 Å². The molecule has 0 spiro atoms. The lowest BCUT2D eigenvalue weighted by atomic mass is 9.60. The second kappa shape index (κ2) is 8.34. The van der Waals surface area contributed by atoms with E-state index in [9.17, 15) is 5.26 Å². The average molecular weight is 435 g/mol. The zero-order chi connectivity index (χ0) is 18.9. The van der Waals surface area contributed by atoms with Gasteiger partial charge in [-0.2, -0.15) is 0 Å². The highest BCUT2D eigenvalue weighted by atomic mass is 79.9. The maximum Gasteiger partial charge on any atom is 0.201 e. The Bertz CT molecular complexity index is 477. The zero-order valence-corrected chi connectivity index (χ0v) is 18.2. The number of hydrogen-bond acceptors (Lipinski definition) is 5. The standard InChI is InChI=1S/C20H35BrO5/c1-13-7-8-16-14(2)20(4,23-12-6-5-11-21)25-18-17(16)15(13)9-10-19(3,24-18)26-22/h13-18,22H,5-12H2,1-4H3/t13-,14-,15?,16+,17?,18+,19?,20+/m1/s1. The van der Waals surface area contributed by atoms with Crippen LogP contribution in [0.15, 0.2) is 0 Å². The van der Waals surface area contributed by atoms with Crippen LogP contribution in [0.25, 0.3) is 0 Å². The smallest absolute Gasteiger partial charge is 0.201 e. The molecule has 3 fully saturated rings. The van der Waals surface area contributed by atoms with E-state index in [1.807, 2.05) is 0 Å². The Balaban J connectivity index is 1.83. The van der Waals surface area contributed by atoms with Crippen LogP contribution < -0.4 is 0 Å². The van der Waals surface area contributed by atoms with Crippen molar-refractivity contribution >= 4 is 15.9 Å². The van der Waals surface area contributed by atoms with Crippen molar-refractivity contribution in [1.82, 2.24) is 0 Å². The summed E-state index contributed by atoms with van der Waals surface area (Å²) in [5, 5.41) is 10.4. The third-order valence-electron chi connectivity index (χ3n) is 7.22. The first-order valence-electron chi connectivity index (χ1n) is 10.2. The highest BCUT2D eigenvalue weighted by Gasteiger charge is 2.58. The molecule has 0 radical (unpaired) electrons. The van der Waals surface area contributed by atoms with Gasteiger partial charge in [-0.05, 0) is 57.3 Å². The Labute approximate surface area is 166 Å². The van der Waals surface area contributed by atoms with Crippen LogP contribution in [0, 0.1) is 29.6 Å². The molecule has 1 N–H and O–H groups in total. The van der Waals surface area contributed by atoms with Crippen LogP contribution in [-0.4, -0.2) is 35.1 Å². The van der Waals surface area contributed by atoms with Gasteiger partial charge in [0.1, 0.15) is 0 Å². The van der Waals surface area contributed by atoms with Gasteiger partial charge in [0.2, 0.25) is 5.79 Å². The molecule has 0 aromatic heterocycles. The molecule has 8 atom stereocenters. The molecule has 5 nitrogen and oxygen atoms in total. The Kier molecular flexibility index (Phi) is 6.73. The third kappa shape index (κ3) is 4.01. The quantitative estimate of drug-likeness (QED) is 0.270. The molecule has 3 rings (SSSR count). The van der Waals surface area contributed by atoms with Crippen molar-refractivity contribution in [3.8, 4) is 0 Å². The summed E-state index contributed by atoms with van der Waals surface area (Å²) in [6, 6.07) is 0. The highest BCUT2D eigenvalue weighted by molar-refractivity contribution is 9.09. The number of unbranched alkanes of at least 4 members (excludes halogenated alkanes) is 1. The summed E-state index contributed by atoms with van der Waals surface area (Å²) in [5.41, 5.74) is 0. The van der Waals surface area contributed by atoms with Crippen LogP contribution in [0.2, 0.25) is 0 Å². The maximum absolute atomic E-state index is 9.44. The van der Waals surface area contributed by atoms with E-state index in [-0.39, 0.29) is 0 Å². The fraction of sp³-hybridized carbons (Fsp3) is 1.00. The van der Waals surface area contributed by atoms with Gasteiger partial charge >= 0.3 is 0 Å². The number of halogens is 1. The molecule has 2 aliphatic heterocycles. The average Bonchev–Trinajstić information content (AvgIpc) is 2.76. The normalized spacial score (nSPS) is 48.7. The van der Waals surface area contributed by atoms with Gasteiger partial charge in [0.05, 0.1) is 6.61 Å². The molecular weight excluding hydrogens is 400 g/mol. The van der Waals surface area contributed by atoms with Gasteiger partial charge < -0.3 is 14.2 Å². The molecule has 152 valence electrons. The minimum atomic E-state index is -1.01. The van der Waals surface area contributed by atoms with Crippen LogP contribution in [0.1, 0.15) is 66.2 Å². The lowest BCUT2D eigenvalue weighted by Crippen LogP contribution is -2.59. The van der Waals surface area contributed by atoms with Crippen LogP contribution in [-0.2, 0) is 19.1 Å². The Morgan fingerprint density at radius 2 is 1.85 bits per heavy atom. The minimum Gasteiger partial charge on any atom is -0.350 e. The molecule has 1 saturated carbocycles. The summed E-state index contributed by atoms with van der Waals surface area (Å²) in [6.07, 6.45) is 5.79. The first kappa shape index (κ1) is 21.0. The Morgan fingerprint density at radius 3 is 2.54 bits per heavy atom. The fourth-order valence-corrected chi connectivity index (χ4v) is 5.76. The van der Waals surface area contributed by atoms with Crippen molar-refractivity contribution in [1.29, 1.82) is 0 Å². The van der Waals surface area contributed by atoms with Crippen LogP contribution in [0.3, 0.4) is 0 Å².